The molecule has 0 radical (unpaired) electrons. The fraction of sp³-hybridized carbons (Fsp3) is 0.400. The van der Waals surface area contributed by atoms with Gasteiger partial charge in [-0.3, -0.25) is 4.55 Å². The summed E-state index contributed by atoms with van der Waals surface area (Å²) in [5.41, 5.74) is 7.37. The molecule has 0 atom stereocenters. The SMILES string of the molecule is CC(C)Nc1ccc(C(C)(C)C(C)(C)Nc2cc(S(=O)(=O)O)c(C(C)(C)NNc3ccccc3)cc2O)cc1. The molecule has 3 rings (SSSR count). The summed E-state index contributed by atoms with van der Waals surface area (Å²) in [5.74, 6) is -0.132. The zero-order valence-corrected chi connectivity index (χ0v) is 24.9. The van der Waals surface area contributed by atoms with Crippen LogP contribution in [0, 0.1) is 0 Å². The average Bonchev–Trinajstić information content (AvgIpc) is 2.83. The Morgan fingerprint density at radius 3 is 1.95 bits per heavy atom. The average molecular weight is 555 g/mol. The van der Waals surface area contributed by atoms with E-state index < -0.39 is 26.6 Å². The van der Waals surface area contributed by atoms with Gasteiger partial charge in [0.05, 0.1) is 11.2 Å². The fourth-order valence-corrected chi connectivity index (χ4v) is 5.22. The van der Waals surface area contributed by atoms with Crippen LogP contribution in [0.5, 0.6) is 5.75 Å². The summed E-state index contributed by atoms with van der Waals surface area (Å²) in [4.78, 5) is -0.298. The van der Waals surface area contributed by atoms with Crippen LogP contribution < -0.4 is 21.5 Å². The van der Waals surface area contributed by atoms with E-state index in [-0.39, 0.29) is 21.9 Å². The number of benzene rings is 3. The molecule has 3 aromatic rings. The van der Waals surface area contributed by atoms with Crippen molar-refractivity contribution in [1.29, 1.82) is 0 Å². The second kappa shape index (κ2) is 11.1. The van der Waals surface area contributed by atoms with Crippen LogP contribution in [0.2, 0.25) is 0 Å². The van der Waals surface area contributed by atoms with Gasteiger partial charge in [0.1, 0.15) is 10.6 Å². The summed E-state index contributed by atoms with van der Waals surface area (Å²) >= 11 is 0. The van der Waals surface area contributed by atoms with Crippen LogP contribution in [0.4, 0.5) is 17.1 Å². The first kappa shape index (κ1) is 30.3. The maximum atomic E-state index is 12.5. The lowest BCUT2D eigenvalue weighted by molar-refractivity contribution is 0.332. The second-order valence-electron chi connectivity index (χ2n) is 11.8. The van der Waals surface area contributed by atoms with Gasteiger partial charge >= 0.3 is 0 Å². The van der Waals surface area contributed by atoms with Crippen molar-refractivity contribution in [1.82, 2.24) is 5.43 Å². The molecule has 0 aromatic heterocycles. The number of anilines is 3. The minimum absolute atomic E-state index is 0.132. The Balaban J connectivity index is 1.95. The predicted octanol–water partition coefficient (Wildman–Crippen LogP) is 6.48. The highest BCUT2D eigenvalue weighted by molar-refractivity contribution is 7.85. The first-order valence-corrected chi connectivity index (χ1v) is 14.5. The maximum absolute atomic E-state index is 12.5. The van der Waals surface area contributed by atoms with Gasteiger partial charge in [0.2, 0.25) is 0 Å². The van der Waals surface area contributed by atoms with E-state index in [9.17, 15) is 18.1 Å². The van der Waals surface area contributed by atoms with E-state index in [4.69, 9.17) is 0 Å². The van der Waals surface area contributed by atoms with Gasteiger partial charge in [-0.2, -0.15) is 8.42 Å². The topological polar surface area (TPSA) is 123 Å². The molecule has 0 unspecified atom stereocenters. The number of rotatable bonds is 11. The van der Waals surface area contributed by atoms with E-state index in [1.54, 1.807) is 13.8 Å². The Labute approximate surface area is 233 Å². The number of phenolic OH excluding ortho intramolecular Hbond substituents is 1. The third-order valence-electron chi connectivity index (χ3n) is 7.41. The smallest absolute Gasteiger partial charge is 0.294 e. The molecular formula is C30H42N4O4S. The molecule has 0 aliphatic heterocycles. The molecule has 0 amide bonds. The van der Waals surface area contributed by atoms with Crippen molar-refractivity contribution in [2.75, 3.05) is 16.1 Å². The third kappa shape index (κ3) is 7.03. The molecule has 0 aliphatic rings. The van der Waals surface area contributed by atoms with Crippen LogP contribution in [0.1, 0.15) is 66.5 Å². The van der Waals surface area contributed by atoms with Gasteiger partial charge in [-0.25, -0.2) is 5.43 Å². The molecule has 0 spiro atoms. The zero-order chi connectivity index (χ0) is 29.2. The van der Waals surface area contributed by atoms with Crippen molar-refractivity contribution in [3.05, 3.63) is 77.9 Å². The van der Waals surface area contributed by atoms with Crippen molar-refractivity contribution >= 4 is 27.2 Å². The lowest BCUT2D eigenvalue weighted by Gasteiger charge is -2.44. The minimum Gasteiger partial charge on any atom is -0.506 e. The molecule has 9 heteroatoms. The van der Waals surface area contributed by atoms with Gasteiger partial charge in [-0.1, -0.05) is 44.2 Å². The van der Waals surface area contributed by atoms with E-state index >= 15 is 0 Å². The van der Waals surface area contributed by atoms with Crippen molar-refractivity contribution < 1.29 is 18.1 Å². The predicted molar refractivity (Wildman–Crippen MR) is 160 cm³/mol. The highest BCUT2D eigenvalue weighted by Crippen LogP contribution is 2.42. The number of phenols is 1. The molecule has 212 valence electrons. The van der Waals surface area contributed by atoms with Crippen molar-refractivity contribution in [3.8, 4) is 5.75 Å². The summed E-state index contributed by atoms with van der Waals surface area (Å²) in [6.07, 6.45) is 0. The lowest BCUT2D eigenvalue weighted by Crippen LogP contribution is -2.49. The molecule has 39 heavy (non-hydrogen) atoms. The van der Waals surface area contributed by atoms with Gasteiger partial charge in [0.25, 0.3) is 10.1 Å². The molecule has 8 nitrogen and oxygen atoms in total. The molecule has 0 fully saturated rings. The minimum atomic E-state index is -4.62. The van der Waals surface area contributed by atoms with Gasteiger partial charge in [0, 0.05) is 28.4 Å². The highest BCUT2D eigenvalue weighted by atomic mass is 32.2. The maximum Gasteiger partial charge on any atom is 0.294 e. The molecule has 0 saturated carbocycles. The van der Waals surface area contributed by atoms with Crippen LogP contribution in [0.3, 0.4) is 0 Å². The molecule has 3 aromatic carbocycles. The van der Waals surface area contributed by atoms with E-state index in [1.807, 2.05) is 56.3 Å². The Hall–Kier alpha value is -3.27. The quantitative estimate of drug-likeness (QED) is 0.0905. The van der Waals surface area contributed by atoms with Crippen LogP contribution >= 0.6 is 0 Å². The normalized spacial score (nSPS) is 12.9. The van der Waals surface area contributed by atoms with Gasteiger partial charge < -0.3 is 21.2 Å². The van der Waals surface area contributed by atoms with E-state index in [1.165, 1.54) is 12.1 Å². The summed E-state index contributed by atoms with van der Waals surface area (Å²) in [6, 6.07) is 20.5. The Morgan fingerprint density at radius 1 is 0.821 bits per heavy atom. The van der Waals surface area contributed by atoms with E-state index in [0.717, 1.165) is 16.9 Å². The summed E-state index contributed by atoms with van der Waals surface area (Å²) < 4.78 is 35.2. The lowest BCUT2D eigenvalue weighted by atomic mass is 9.69. The van der Waals surface area contributed by atoms with Crippen LogP contribution in [-0.2, 0) is 21.1 Å². The number of hydrazine groups is 1. The van der Waals surface area contributed by atoms with Gasteiger partial charge in [0.15, 0.2) is 0 Å². The molecule has 0 heterocycles. The van der Waals surface area contributed by atoms with Crippen LogP contribution in [0.25, 0.3) is 0 Å². The Kier molecular flexibility index (Phi) is 8.60. The summed E-state index contributed by atoms with van der Waals surface area (Å²) in [7, 11) is -4.62. The molecular weight excluding hydrogens is 512 g/mol. The van der Waals surface area contributed by atoms with Crippen LogP contribution in [0.15, 0.2) is 71.6 Å². The summed E-state index contributed by atoms with van der Waals surface area (Å²) in [5, 5.41) is 17.8. The second-order valence-corrected chi connectivity index (χ2v) is 13.2. The molecule has 0 saturated heterocycles. The first-order chi connectivity index (χ1) is 17.9. The largest absolute Gasteiger partial charge is 0.506 e. The Morgan fingerprint density at radius 2 is 1.41 bits per heavy atom. The van der Waals surface area contributed by atoms with E-state index in [0.29, 0.717) is 6.04 Å². The Bertz CT molecular complexity index is 1380. The number of nitrogens with one attached hydrogen (secondary N) is 4. The fourth-order valence-electron chi connectivity index (χ4n) is 4.36. The van der Waals surface area contributed by atoms with Gasteiger partial charge in [-0.05, 0) is 89.1 Å². The zero-order valence-electron chi connectivity index (χ0n) is 24.0. The van der Waals surface area contributed by atoms with Crippen molar-refractivity contribution in [2.45, 2.75) is 82.8 Å². The monoisotopic (exact) mass is 554 g/mol. The standard InChI is InChI=1S/C30H42N4O4S/c1-20(2)31-22-16-14-21(15-17-22)28(3,4)30(7,8)32-25-19-27(39(36,37)38)24(18-26(25)35)29(5,6)34-33-23-12-10-9-11-13-23/h9-20,31-35H,1-8H3,(H,36,37,38). The first-order valence-electron chi connectivity index (χ1n) is 13.0. The molecule has 0 aliphatic carbocycles. The van der Waals surface area contributed by atoms with Crippen molar-refractivity contribution in [2.24, 2.45) is 0 Å². The molecule has 6 N–H and O–H groups in total. The highest BCUT2D eigenvalue weighted by Gasteiger charge is 2.39. The van der Waals surface area contributed by atoms with E-state index in [2.05, 4.69) is 61.3 Å². The number of hydrogen-bond donors (Lipinski definition) is 6. The van der Waals surface area contributed by atoms with Gasteiger partial charge in [-0.15, -0.1) is 0 Å². The number of hydrogen-bond acceptors (Lipinski definition) is 7. The van der Waals surface area contributed by atoms with Crippen molar-refractivity contribution in [3.63, 3.8) is 0 Å². The number of aromatic hydroxyl groups is 1. The number of para-hydroxylation sites is 1. The third-order valence-corrected chi connectivity index (χ3v) is 8.31. The summed E-state index contributed by atoms with van der Waals surface area (Å²) in [6.45, 7) is 15.8. The van der Waals surface area contributed by atoms with Crippen LogP contribution in [-0.4, -0.2) is 29.7 Å². The molecule has 0 bridgehead atoms.